The van der Waals surface area contributed by atoms with Gasteiger partial charge in [-0.15, -0.1) is 0 Å². The van der Waals surface area contributed by atoms with Gasteiger partial charge in [-0.1, -0.05) is 6.92 Å². The second-order valence-electron chi connectivity index (χ2n) is 5.75. The van der Waals surface area contributed by atoms with Crippen LogP contribution < -0.4 is 11.1 Å². The summed E-state index contributed by atoms with van der Waals surface area (Å²) in [6.07, 6.45) is -1.24. The highest BCUT2D eigenvalue weighted by Gasteiger charge is 2.23. The van der Waals surface area contributed by atoms with Crippen LogP contribution in [0.3, 0.4) is 0 Å². The Hall–Kier alpha value is -1.38. The number of rotatable bonds is 10. The number of carbonyl (C=O) groups is 2. The Kier molecular flexibility index (Phi) is 9.71. The Morgan fingerprint density at radius 1 is 1.32 bits per heavy atom. The fourth-order valence-electron chi connectivity index (χ4n) is 1.46. The van der Waals surface area contributed by atoms with Crippen molar-refractivity contribution in [1.29, 1.82) is 0 Å². The number of primary amides is 1. The average molecular weight is 320 g/mol. The van der Waals surface area contributed by atoms with E-state index in [0.717, 1.165) is 0 Å². The number of amides is 2. The zero-order valence-electron chi connectivity index (χ0n) is 13.8. The van der Waals surface area contributed by atoms with Crippen LogP contribution in [0.5, 0.6) is 0 Å². The molecule has 0 saturated heterocycles. The molecule has 0 saturated carbocycles. The predicted molar refractivity (Wildman–Crippen MR) is 80.0 cm³/mol. The van der Waals surface area contributed by atoms with Gasteiger partial charge in [0, 0.05) is 13.0 Å². The highest BCUT2D eigenvalue weighted by atomic mass is 16.7. The van der Waals surface area contributed by atoms with Gasteiger partial charge >= 0.3 is 6.09 Å². The average Bonchev–Trinajstić information content (AvgIpc) is 2.39. The molecule has 130 valence electrons. The van der Waals surface area contributed by atoms with E-state index < -0.39 is 30.0 Å². The van der Waals surface area contributed by atoms with Crippen molar-refractivity contribution in [2.45, 2.75) is 58.5 Å². The van der Waals surface area contributed by atoms with Crippen molar-refractivity contribution in [3.05, 3.63) is 0 Å². The summed E-state index contributed by atoms with van der Waals surface area (Å²) in [5.41, 5.74) is 4.47. The minimum absolute atomic E-state index is 0.0376. The van der Waals surface area contributed by atoms with Crippen molar-refractivity contribution in [3.8, 4) is 0 Å². The summed E-state index contributed by atoms with van der Waals surface area (Å²) in [4.78, 5) is 22.0. The Morgan fingerprint density at radius 3 is 2.41 bits per heavy atom. The van der Waals surface area contributed by atoms with Gasteiger partial charge in [0.25, 0.3) is 0 Å². The van der Waals surface area contributed by atoms with E-state index in [0.29, 0.717) is 6.42 Å². The summed E-state index contributed by atoms with van der Waals surface area (Å²) < 4.78 is 16.2. The Balaban J connectivity index is 4.32. The van der Waals surface area contributed by atoms with Crippen LogP contribution in [0.15, 0.2) is 0 Å². The van der Waals surface area contributed by atoms with Gasteiger partial charge in [0.05, 0.1) is 18.3 Å². The summed E-state index contributed by atoms with van der Waals surface area (Å²) in [5.74, 6) is -0.508. The molecule has 8 nitrogen and oxygen atoms in total. The van der Waals surface area contributed by atoms with Crippen molar-refractivity contribution in [1.82, 2.24) is 5.32 Å². The molecule has 0 aromatic rings. The van der Waals surface area contributed by atoms with Crippen molar-refractivity contribution >= 4 is 12.0 Å². The molecule has 0 rings (SSSR count). The topological polar surface area (TPSA) is 120 Å². The van der Waals surface area contributed by atoms with E-state index in [9.17, 15) is 14.7 Å². The SMILES string of the molecule is CCC(CO)OC(COC(=O)NCCC(N)=O)OC(C)(C)C. The molecule has 0 aliphatic rings. The molecular weight excluding hydrogens is 292 g/mol. The molecule has 2 amide bonds. The molecule has 0 aromatic carbocycles. The van der Waals surface area contributed by atoms with Gasteiger partial charge in [-0.05, 0) is 27.2 Å². The lowest BCUT2D eigenvalue weighted by molar-refractivity contribution is -0.233. The number of hydrogen-bond donors (Lipinski definition) is 3. The van der Waals surface area contributed by atoms with Gasteiger partial charge in [-0.3, -0.25) is 4.79 Å². The van der Waals surface area contributed by atoms with Crippen LogP contribution in [0.25, 0.3) is 0 Å². The summed E-state index contributed by atoms with van der Waals surface area (Å²) in [7, 11) is 0. The molecule has 0 fully saturated rings. The van der Waals surface area contributed by atoms with Gasteiger partial charge in [0.1, 0.15) is 6.61 Å². The molecule has 22 heavy (non-hydrogen) atoms. The monoisotopic (exact) mass is 320 g/mol. The maximum absolute atomic E-state index is 11.5. The first-order chi connectivity index (χ1) is 10.2. The minimum atomic E-state index is -0.793. The summed E-state index contributed by atoms with van der Waals surface area (Å²) in [6.45, 7) is 7.23. The molecule has 0 aromatic heterocycles. The molecule has 4 N–H and O–H groups in total. The molecule has 0 bridgehead atoms. The number of nitrogens with two attached hydrogens (primary N) is 1. The second-order valence-corrected chi connectivity index (χ2v) is 5.75. The molecule has 0 heterocycles. The fourth-order valence-corrected chi connectivity index (χ4v) is 1.46. The van der Waals surface area contributed by atoms with Crippen LogP contribution in [-0.4, -0.2) is 54.9 Å². The maximum Gasteiger partial charge on any atom is 0.407 e. The molecule has 0 radical (unpaired) electrons. The van der Waals surface area contributed by atoms with E-state index in [1.807, 2.05) is 27.7 Å². The number of alkyl carbamates (subject to hydrolysis) is 1. The molecule has 0 spiro atoms. The van der Waals surface area contributed by atoms with Gasteiger partial charge in [0.2, 0.25) is 5.91 Å². The predicted octanol–water partition coefficient (Wildman–Crippen LogP) is 0.517. The first-order valence-electron chi connectivity index (χ1n) is 7.31. The van der Waals surface area contributed by atoms with Gasteiger partial charge in [0.15, 0.2) is 6.29 Å². The zero-order valence-corrected chi connectivity index (χ0v) is 13.8. The number of ether oxygens (including phenoxy) is 3. The zero-order chi connectivity index (χ0) is 17.2. The highest BCUT2D eigenvalue weighted by molar-refractivity contribution is 5.75. The van der Waals surface area contributed by atoms with E-state index in [2.05, 4.69) is 5.32 Å². The smallest absolute Gasteiger partial charge is 0.407 e. The van der Waals surface area contributed by atoms with Crippen molar-refractivity contribution < 1.29 is 28.9 Å². The lowest BCUT2D eigenvalue weighted by atomic mass is 10.2. The summed E-state index contributed by atoms with van der Waals surface area (Å²) >= 11 is 0. The number of carbonyl (C=O) groups excluding carboxylic acids is 2. The maximum atomic E-state index is 11.5. The van der Waals surface area contributed by atoms with Gasteiger partial charge < -0.3 is 30.4 Å². The number of aliphatic hydroxyl groups is 1. The first-order valence-corrected chi connectivity index (χ1v) is 7.31. The fraction of sp³-hybridized carbons (Fsp3) is 0.857. The van der Waals surface area contributed by atoms with E-state index in [1.165, 1.54) is 0 Å². The van der Waals surface area contributed by atoms with Crippen LogP contribution in [-0.2, 0) is 19.0 Å². The lowest BCUT2D eigenvalue weighted by Gasteiger charge is -2.29. The Bertz CT molecular complexity index is 339. The largest absolute Gasteiger partial charge is 0.444 e. The van der Waals surface area contributed by atoms with Crippen LogP contribution in [0.2, 0.25) is 0 Å². The lowest BCUT2D eigenvalue weighted by Crippen LogP contribution is -2.38. The van der Waals surface area contributed by atoms with Gasteiger partial charge in [-0.2, -0.15) is 0 Å². The summed E-state index contributed by atoms with van der Waals surface area (Å²) in [6, 6.07) is 0. The van der Waals surface area contributed by atoms with Crippen LogP contribution in [0.1, 0.15) is 40.5 Å². The highest BCUT2D eigenvalue weighted by Crippen LogP contribution is 2.14. The van der Waals surface area contributed by atoms with E-state index >= 15 is 0 Å². The van der Waals surface area contributed by atoms with Crippen molar-refractivity contribution in [2.75, 3.05) is 19.8 Å². The number of aliphatic hydroxyl groups excluding tert-OH is 1. The third-order valence-electron chi connectivity index (χ3n) is 2.48. The normalized spacial score (nSPS) is 14.2. The van der Waals surface area contributed by atoms with Crippen LogP contribution >= 0.6 is 0 Å². The van der Waals surface area contributed by atoms with Crippen LogP contribution in [0.4, 0.5) is 4.79 Å². The van der Waals surface area contributed by atoms with E-state index in [4.69, 9.17) is 19.9 Å². The van der Waals surface area contributed by atoms with Gasteiger partial charge in [-0.25, -0.2) is 4.79 Å². The molecular formula is C14H28N2O6. The number of nitrogens with one attached hydrogen (secondary N) is 1. The standard InChI is InChI=1S/C14H28N2O6/c1-5-10(8-17)21-12(22-14(2,3)4)9-20-13(19)16-7-6-11(15)18/h10,12,17H,5-9H2,1-4H3,(H2,15,18)(H,16,19). The third kappa shape index (κ3) is 11.3. The van der Waals surface area contributed by atoms with Crippen molar-refractivity contribution in [2.24, 2.45) is 5.73 Å². The quantitative estimate of drug-likeness (QED) is 0.505. The third-order valence-corrected chi connectivity index (χ3v) is 2.48. The van der Waals surface area contributed by atoms with Crippen molar-refractivity contribution in [3.63, 3.8) is 0 Å². The molecule has 0 aliphatic heterocycles. The Labute approximate surface area is 131 Å². The minimum Gasteiger partial charge on any atom is -0.444 e. The molecule has 2 unspecified atom stereocenters. The van der Waals surface area contributed by atoms with E-state index in [1.54, 1.807) is 0 Å². The molecule has 8 heteroatoms. The first kappa shape index (κ1) is 20.6. The summed E-state index contributed by atoms with van der Waals surface area (Å²) in [5, 5.41) is 11.6. The Morgan fingerprint density at radius 2 is 1.95 bits per heavy atom. The van der Waals surface area contributed by atoms with Crippen LogP contribution in [0, 0.1) is 0 Å². The van der Waals surface area contributed by atoms with E-state index in [-0.39, 0.29) is 26.2 Å². The number of hydrogen-bond acceptors (Lipinski definition) is 6. The second kappa shape index (κ2) is 10.4. The molecule has 0 aliphatic carbocycles. The molecule has 2 atom stereocenters.